The number of nitrogens with zero attached hydrogens (tertiary/aromatic N) is 1. The van der Waals surface area contributed by atoms with Crippen LogP contribution >= 0.6 is 0 Å². The molecule has 0 saturated carbocycles. The molecular weight excluding hydrogens is 309 g/mol. The summed E-state index contributed by atoms with van der Waals surface area (Å²) in [6.45, 7) is 0.162. The Morgan fingerprint density at radius 2 is 1.91 bits per heavy atom. The van der Waals surface area contributed by atoms with E-state index >= 15 is 0 Å². The average molecular weight is 324 g/mol. The van der Waals surface area contributed by atoms with Gasteiger partial charge in [0.25, 0.3) is 5.91 Å². The van der Waals surface area contributed by atoms with Gasteiger partial charge in [-0.1, -0.05) is 12.1 Å². The number of rotatable bonds is 2. The van der Waals surface area contributed by atoms with Crippen LogP contribution < -0.4 is 0 Å². The fourth-order valence-electron chi connectivity index (χ4n) is 2.87. The predicted molar refractivity (Wildman–Crippen MR) is 76.6 cm³/mol. The Morgan fingerprint density at radius 1 is 1.22 bits per heavy atom. The number of hydrogen-bond donors (Lipinski definition) is 2. The molecule has 3 rings (SSSR count). The number of β-amino-alcohol motifs (C(OH)–C–C–N with tert-alkyl or cyclic N) is 1. The number of carbonyl (C=O) groups is 1. The Kier molecular flexibility index (Phi) is 3.89. The second kappa shape index (κ2) is 5.73. The highest BCUT2D eigenvalue weighted by atomic mass is 19.4. The van der Waals surface area contributed by atoms with Crippen LogP contribution in [0.15, 0.2) is 42.7 Å². The molecule has 2 atom stereocenters. The molecule has 1 aromatic heterocycles. The number of likely N-dealkylation sites (tertiary alicyclic amines) is 1. The van der Waals surface area contributed by atoms with Crippen molar-refractivity contribution in [1.29, 1.82) is 0 Å². The minimum Gasteiger partial charge on any atom is -0.391 e. The van der Waals surface area contributed by atoms with Gasteiger partial charge in [0.2, 0.25) is 0 Å². The van der Waals surface area contributed by atoms with Crippen molar-refractivity contribution in [3.05, 3.63) is 59.4 Å². The van der Waals surface area contributed by atoms with Crippen molar-refractivity contribution < 1.29 is 23.1 Å². The van der Waals surface area contributed by atoms with Crippen LogP contribution in [-0.2, 0) is 6.18 Å². The second-order valence-corrected chi connectivity index (χ2v) is 5.58. The molecule has 1 aromatic carbocycles. The summed E-state index contributed by atoms with van der Waals surface area (Å²) in [6, 6.07) is 5.91. The van der Waals surface area contributed by atoms with E-state index in [1.54, 1.807) is 18.5 Å². The van der Waals surface area contributed by atoms with Crippen LogP contribution in [0.1, 0.15) is 33.9 Å². The van der Waals surface area contributed by atoms with Gasteiger partial charge in [0.1, 0.15) is 0 Å². The minimum atomic E-state index is -4.39. The number of aliphatic hydroxyl groups excluding tert-OH is 1. The van der Waals surface area contributed by atoms with E-state index < -0.39 is 23.9 Å². The van der Waals surface area contributed by atoms with Crippen LogP contribution in [0.2, 0.25) is 0 Å². The highest BCUT2D eigenvalue weighted by molar-refractivity contribution is 5.94. The standard InChI is InChI=1S/C16H15F3N2O2/c17-16(18,19)12-3-1-10(2-4-12)14-7-13(22)9-21(14)15(23)11-5-6-20-8-11/h1-6,8,13-14,20,22H,7,9H2/t13-,14+/m0/s1. The first-order valence-corrected chi connectivity index (χ1v) is 7.15. The van der Waals surface area contributed by atoms with Crippen LogP contribution in [-0.4, -0.2) is 33.5 Å². The van der Waals surface area contributed by atoms with Crippen LogP contribution in [0.5, 0.6) is 0 Å². The number of nitrogens with one attached hydrogen (secondary N) is 1. The molecule has 1 aliphatic heterocycles. The van der Waals surface area contributed by atoms with Gasteiger partial charge in [-0.3, -0.25) is 4.79 Å². The molecule has 0 aliphatic carbocycles. The first-order valence-electron chi connectivity index (χ1n) is 7.15. The van der Waals surface area contributed by atoms with Gasteiger partial charge in [-0.2, -0.15) is 13.2 Å². The van der Waals surface area contributed by atoms with Crippen molar-refractivity contribution in [2.75, 3.05) is 6.54 Å². The number of alkyl halides is 3. The molecule has 122 valence electrons. The third kappa shape index (κ3) is 3.10. The lowest BCUT2D eigenvalue weighted by atomic mass is 10.0. The third-order valence-electron chi connectivity index (χ3n) is 4.01. The van der Waals surface area contributed by atoms with E-state index in [1.807, 2.05) is 0 Å². The predicted octanol–water partition coefficient (Wildman–Crippen LogP) is 2.98. The van der Waals surface area contributed by atoms with E-state index in [0.717, 1.165) is 12.1 Å². The van der Waals surface area contributed by atoms with Gasteiger partial charge in [0.15, 0.2) is 0 Å². The number of aromatic nitrogens is 1. The summed E-state index contributed by atoms with van der Waals surface area (Å²) in [5, 5.41) is 9.88. The van der Waals surface area contributed by atoms with Gasteiger partial charge in [-0.25, -0.2) is 0 Å². The summed E-state index contributed by atoms with van der Waals surface area (Å²) in [7, 11) is 0. The van der Waals surface area contributed by atoms with Gasteiger partial charge in [0.05, 0.1) is 23.3 Å². The first kappa shape index (κ1) is 15.6. The number of aromatic amines is 1. The molecule has 7 heteroatoms. The first-order chi connectivity index (χ1) is 10.9. The van der Waals surface area contributed by atoms with E-state index in [0.29, 0.717) is 17.5 Å². The number of halogens is 3. The largest absolute Gasteiger partial charge is 0.416 e. The van der Waals surface area contributed by atoms with Crippen molar-refractivity contribution in [1.82, 2.24) is 9.88 Å². The SMILES string of the molecule is O=C(c1cc[nH]c1)N1C[C@@H](O)C[C@@H]1c1ccc(C(F)(F)F)cc1. The van der Waals surface area contributed by atoms with Crippen molar-refractivity contribution in [3.63, 3.8) is 0 Å². The Hall–Kier alpha value is -2.28. The third-order valence-corrected chi connectivity index (χ3v) is 4.01. The highest BCUT2D eigenvalue weighted by Gasteiger charge is 2.36. The molecule has 1 fully saturated rings. The zero-order valence-corrected chi connectivity index (χ0v) is 12.0. The molecule has 23 heavy (non-hydrogen) atoms. The summed E-state index contributed by atoms with van der Waals surface area (Å²) in [5.74, 6) is -0.257. The Morgan fingerprint density at radius 3 is 2.48 bits per heavy atom. The molecule has 0 unspecified atom stereocenters. The minimum absolute atomic E-state index is 0.162. The van der Waals surface area contributed by atoms with Crippen molar-refractivity contribution in [2.24, 2.45) is 0 Å². The van der Waals surface area contributed by atoms with Gasteiger partial charge < -0.3 is 15.0 Å². The molecule has 1 saturated heterocycles. The van der Waals surface area contributed by atoms with Crippen molar-refractivity contribution in [2.45, 2.75) is 24.7 Å². The Bertz CT molecular complexity index is 680. The zero-order valence-electron chi connectivity index (χ0n) is 12.0. The Balaban J connectivity index is 1.86. The van der Waals surface area contributed by atoms with Gasteiger partial charge in [-0.15, -0.1) is 0 Å². The summed E-state index contributed by atoms with van der Waals surface area (Å²) in [5.41, 5.74) is 0.303. The highest BCUT2D eigenvalue weighted by Crippen LogP contribution is 2.35. The maximum Gasteiger partial charge on any atom is 0.416 e. The van der Waals surface area contributed by atoms with E-state index in [9.17, 15) is 23.1 Å². The molecule has 1 aliphatic rings. The number of hydrogen-bond acceptors (Lipinski definition) is 2. The van der Waals surface area contributed by atoms with Crippen LogP contribution in [0, 0.1) is 0 Å². The summed E-state index contributed by atoms with van der Waals surface area (Å²) in [4.78, 5) is 16.8. The number of H-pyrrole nitrogens is 1. The zero-order chi connectivity index (χ0) is 16.6. The lowest BCUT2D eigenvalue weighted by Gasteiger charge is -2.24. The van der Waals surface area contributed by atoms with E-state index in [-0.39, 0.29) is 12.5 Å². The van der Waals surface area contributed by atoms with Crippen molar-refractivity contribution in [3.8, 4) is 0 Å². The van der Waals surface area contributed by atoms with Gasteiger partial charge >= 0.3 is 6.18 Å². The van der Waals surface area contributed by atoms with Gasteiger partial charge in [0, 0.05) is 18.9 Å². The average Bonchev–Trinajstić information content (AvgIpc) is 3.15. The smallest absolute Gasteiger partial charge is 0.391 e. The molecule has 2 aromatic rings. The maximum absolute atomic E-state index is 12.6. The van der Waals surface area contributed by atoms with Crippen LogP contribution in [0.4, 0.5) is 13.2 Å². The van der Waals surface area contributed by atoms with Crippen molar-refractivity contribution >= 4 is 5.91 Å². The summed E-state index contributed by atoms with van der Waals surface area (Å²) in [6.07, 6.45) is -1.61. The Labute approximate surface area is 130 Å². The van der Waals surface area contributed by atoms with E-state index in [1.165, 1.54) is 17.0 Å². The summed E-state index contributed by atoms with van der Waals surface area (Å²) >= 11 is 0. The lowest BCUT2D eigenvalue weighted by Crippen LogP contribution is -2.31. The monoisotopic (exact) mass is 324 g/mol. The molecular formula is C16H15F3N2O2. The molecule has 2 heterocycles. The lowest BCUT2D eigenvalue weighted by molar-refractivity contribution is -0.137. The van der Waals surface area contributed by atoms with Crippen LogP contribution in [0.25, 0.3) is 0 Å². The molecule has 0 bridgehead atoms. The number of benzene rings is 1. The maximum atomic E-state index is 12.6. The fourth-order valence-corrected chi connectivity index (χ4v) is 2.87. The summed E-state index contributed by atoms with van der Waals surface area (Å²) < 4.78 is 37.9. The van der Waals surface area contributed by atoms with E-state index in [4.69, 9.17) is 0 Å². The molecule has 4 nitrogen and oxygen atoms in total. The topological polar surface area (TPSA) is 56.3 Å². The second-order valence-electron chi connectivity index (χ2n) is 5.58. The fraction of sp³-hybridized carbons (Fsp3) is 0.312. The number of aliphatic hydroxyl groups is 1. The normalized spacial score (nSPS) is 21.7. The number of amides is 1. The molecule has 1 amide bonds. The molecule has 2 N–H and O–H groups in total. The van der Waals surface area contributed by atoms with Gasteiger partial charge in [-0.05, 0) is 30.2 Å². The van der Waals surface area contributed by atoms with E-state index in [2.05, 4.69) is 4.98 Å². The quantitative estimate of drug-likeness (QED) is 0.892. The molecule has 0 radical (unpaired) electrons. The van der Waals surface area contributed by atoms with Crippen LogP contribution in [0.3, 0.4) is 0 Å². The number of carbonyl (C=O) groups excluding carboxylic acids is 1. The molecule has 0 spiro atoms.